The number of rotatable bonds is 0. The van der Waals surface area contributed by atoms with Crippen molar-refractivity contribution < 1.29 is 4.79 Å². The van der Waals surface area contributed by atoms with Crippen molar-refractivity contribution in [1.29, 1.82) is 0 Å². The number of ketones is 1. The predicted molar refractivity (Wildman–Crippen MR) is 60.3 cm³/mol. The van der Waals surface area contributed by atoms with Crippen molar-refractivity contribution in [2.24, 2.45) is 0 Å². The van der Waals surface area contributed by atoms with Gasteiger partial charge >= 0.3 is 0 Å². The summed E-state index contributed by atoms with van der Waals surface area (Å²) in [7, 11) is 0. The van der Waals surface area contributed by atoms with Crippen LogP contribution in [0.5, 0.6) is 0 Å². The molecule has 0 unspecified atom stereocenters. The molecule has 0 spiro atoms. The molecule has 0 fully saturated rings. The molecule has 1 aromatic carbocycles. The van der Waals surface area contributed by atoms with E-state index in [1.165, 1.54) is 0 Å². The molecule has 0 radical (unpaired) electrons. The number of allylic oxidation sites excluding steroid dienone is 2. The van der Waals surface area contributed by atoms with E-state index in [2.05, 4.69) is 11.8 Å². The van der Waals surface area contributed by atoms with Crippen molar-refractivity contribution in [2.75, 3.05) is 0 Å². The lowest BCUT2D eigenvalue weighted by Gasteiger charge is -1.90. The maximum atomic E-state index is 11.3. The van der Waals surface area contributed by atoms with E-state index >= 15 is 0 Å². The third kappa shape index (κ3) is 2.16. The fourth-order valence-electron chi connectivity index (χ4n) is 1.61. The van der Waals surface area contributed by atoms with Crippen LogP contribution in [0.3, 0.4) is 0 Å². The molecule has 0 saturated carbocycles. The Balaban J connectivity index is 2.24. The average molecular weight is 196 g/mol. The van der Waals surface area contributed by atoms with Crippen LogP contribution in [0.25, 0.3) is 0 Å². The molecule has 1 aromatic rings. The molecule has 1 aliphatic carbocycles. The zero-order valence-corrected chi connectivity index (χ0v) is 8.71. The van der Waals surface area contributed by atoms with Crippen LogP contribution in [-0.2, 0) is 4.79 Å². The van der Waals surface area contributed by atoms with Crippen LogP contribution in [0.15, 0.2) is 41.5 Å². The van der Waals surface area contributed by atoms with Crippen LogP contribution >= 0.6 is 0 Å². The van der Waals surface area contributed by atoms with E-state index in [0.29, 0.717) is 6.42 Å². The molecule has 0 N–H and O–H groups in total. The lowest BCUT2D eigenvalue weighted by Crippen LogP contribution is -1.89. The average Bonchev–Trinajstić information content (AvgIpc) is 2.59. The van der Waals surface area contributed by atoms with Gasteiger partial charge in [0.15, 0.2) is 5.78 Å². The maximum Gasteiger partial charge on any atom is 0.159 e. The van der Waals surface area contributed by atoms with Crippen LogP contribution < -0.4 is 0 Å². The Kier molecular flexibility index (Phi) is 2.69. The van der Waals surface area contributed by atoms with Gasteiger partial charge in [-0.3, -0.25) is 4.79 Å². The summed E-state index contributed by atoms with van der Waals surface area (Å²) in [6.45, 7) is 1.87. The Morgan fingerprint density at radius 2 is 1.80 bits per heavy atom. The summed E-state index contributed by atoms with van der Waals surface area (Å²) < 4.78 is 0. The minimum atomic E-state index is 0.243. The van der Waals surface area contributed by atoms with Crippen molar-refractivity contribution >= 4 is 5.78 Å². The quantitative estimate of drug-likeness (QED) is 0.583. The normalized spacial score (nSPS) is 15.1. The van der Waals surface area contributed by atoms with Crippen molar-refractivity contribution in [2.45, 2.75) is 19.8 Å². The summed E-state index contributed by atoms with van der Waals surface area (Å²) in [6.07, 6.45) is 1.44. The highest BCUT2D eigenvalue weighted by atomic mass is 16.1. The summed E-state index contributed by atoms with van der Waals surface area (Å²) in [5.74, 6) is 6.41. The number of benzene rings is 1. The summed E-state index contributed by atoms with van der Waals surface area (Å²) in [6, 6.07) is 9.84. The van der Waals surface area contributed by atoms with Crippen LogP contribution in [0.1, 0.15) is 25.3 Å². The second-order valence-corrected chi connectivity index (χ2v) is 3.64. The molecule has 1 aliphatic rings. The Bertz CT molecular complexity index is 469. The van der Waals surface area contributed by atoms with E-state index in [1.807, 2.05) is 37.3 Å². The van der Waals surface area contributed by atoms with Gasteiger partial charge in [-0.05, 0) is 25.5 Å². The summed E-state index contributed by atoms with van der Waals surface area (Å²) >= 11 is 0. The zero-order valence-electron chi connectivity index (χ0n) is 8.71. The minimum absolute atomic E-state index is 0.243. The Hall–Kier alpha value is -1.81. The number of hydrogen-bond donors (Lipinski definition) is 0. The van der Waals surface area contributed by atoms with Gasteiger partial charge in [-0.1, -0.05) is 30.0 Å². The predicted octanol–water partition coefficient (Wildman–Crippen LogP) is 2.72. The molecule has 0 aliphatic heterocycles. The van der Waals surface area contributed by atoms with E-state index in [4.69, 9.17) is 0 Å². The first kappa shape index (κ1) is 9.73. The zero-order chi connectivity index (χ0) is 10.7. The fourth-order valence-corrected chi connectivity index (χ4v) is 1.61. The van der Waals surface area contributed by atoms with E-state index in [1.54, 1.807) is 0 Å². The van der Waals surface area contributed by atoms with Crippen LogP contribution in [0, 0.1) is 11.8 Å². The summed E-state index contributed by atoms with van der Waals surface area (Å²) in [5, 5.41) is 0. The molecule has 0 aromatic heterocycles. The molecule has 0 saturated heterocycles. The summed E-state index contributed by atoms with van der Waals surface area (Å²) in [5.41, 5.74) is 2.85. The lowest BCUT2D eigenvalue weighted by molar-refractivity contribution is -0.114. The van der Waals surface area contributed by atoms with E-state index in [0.717, 1.165) is 23.1 Å². The van der Waals surface area contributed by atoms with Gasteiger partial charge in [0.05, 0.1) is 0 Å². The van der Waals surface area contributed by atoms with Crippen molar-refractivity contribution in [3.8, 4) is 11.8 Å². The minimum Gasteiger partial charge on any atom is -0.295 e. The van der Waals surface area contributed by atoms with E-state index < -0.39 is 0 Å². The second-order valence-electron chi connectivity index (χ2n) is 3.64. The van der Waals surface area contributed by atoms with Crippen molar-refractivity contribution in [3.63, 3.8) is 0 Å². The van der Waals surface area contributed by atoms with Crippen molar-refractivity contribution in [1.82, 2.24) is 0 Å². The standard InChI is InChI=1S/C14H12O/c1-11-13(9-10-14(11)15)8-7-12-5-3-2-4-6-12/h2-6H,9-10H2,1H3. The van der Waals surface area contributed by atoms with Gasteiger partial charge in [0.1, 0.15) is 0 Å². The molecule has 0 amide bonds. The highest BCUT2D eigenvalue weighted by molar-refractivity contribution is 5.99. The molecule has 1 heteroatoms. The highest BCUT2D eigenvalue weighted by Gasteiger charge is 2.17. The van der Waals surface area contributed by atoms with Gasteiger partial charge in [-0.2, -0.15) is 0 Å². The smallest absolute Gasteiger partial charge is 0.159 e. The number of Topliss-reactive ketones (excluding diaryl/α,β-unsaturated/α-hetero) is 1. The first-order valence-corrected chi connectivity index (χ1v) is 5.07. The molecule has 74 valence electrons. The molecular weight excluding hydrogens is 184 g/mol. The Labute approximate surface area is 89.8 Å². The molecule has 2 rings (SSSR count). The third-order valence-corrected chi connectivity index (χ3v) is 2.60. The molecule has 0 bridgehead atoms. The number of carbonyl (C=O) groups excluding carboxylic acids is 1. The Morgan fingerprint density at radius 1 is 1.07 bits per heavy atom. The van der Waals surface area contributed by atoms with Gasteiger partial charge in [-0.15, -0.1) is 0 Å². The van der Waals surface area contributed by atoms with Gasteiger partial charge in [0, 0.05) is 23.1 Å². The highest BCUT2D eigenvalue weighted by Crippen LogP contribution is 2.21. The van der Waals surface area contributed by atoms with Gasteiger partial charge in [-0.25, -0.2) is 0 Å². The lowest BCUT2D eigenvalue weighted by atomic mass is 10.1. The van der Waals surface area contributed by atoms with Crippen LogP contribution in [0.2, 0.25) is 0 Å². The number of hydrogen-bond acceptors (Lipinski definition) is 1. The maximum absolute atomic E-state index is 11.3. The summed E-state index contributed by atoms with van der Waals surface area (Å²) in [4.78, 5) is 11.3. The van der Waals surface area contributed by atoms with Crippen LogP contribution in [0.4, 0.5) is 0 Å². The molecular formula is C14H12O. The Morgan fingerprint density at radius 3 is 2.40 bits per heavy atom. The second kappa shape index (κ2) is 4.14. The molecule has 1 nitrogen and oxygen atoms in total. The first-order chi connectivity index (χ1) is 7.27. The van der Waals surface area contributed by atoms with Crippen LogP contribution in [-0.4, -0.2) is 5.78 Å². The molecule has 0 atom stereocenters. The fraction of sp³-hybridized carbons (Fsp3) is 0.214. The largest absolute Gasteiger partial charge is 0.295 e. The van der Waals surface area contributed by atoms with Gasteiger partial charge in [0.25, 0.3) is 0 Å². The number of carbonyl (C=O) groups is 1. The van der Waals surface area contributed by atoms with E-state index in [9.17, 15) is 4.79 Å². The topological polar surface area (TPSA) is 17.1 Å². The molecule has 0 heterocycles. The first-order valence-electron chi connectivity index (χ1n) is 5.07. The van der Waals surface area contributed by atoms with Gasteiger partial charge in [0.2, 0.25) is 0 Å². The van der Waals surface area contributed by atoms with Crippen molar-refractivity contribution in [3.05, 3.63) is 47.0 Å². The monoisotopic (exact) mass is 196 g/mol. The van der Waals surface area contributed by atoms with Gasteiger partial charge < -0.3 is 0 Å². The third-order valence-electron chi connectivity index (χ3n) is 2.60. The molecule has 15 heavy (non-hydrogen) atoms. The van der Waals surface area contributed by atoms with E-state index in [-0.39, 0.29) is 5.78 Å². The SMILES string of the molecule is CC1=C(C#Cc2ccccc2)CCC1=O.